The molecule has 20 heavy (non-hydrogen) atoms. The van der Waals surface area contributed by atoms with E-state index in [1.54, 1.807) is 6.33 Å². The van der Waals surface area contributed by atoms with Gasteiger partial charge in [0.2, 0.25) is 0 Å². The molecule has 1 aromatic heterocycles. The Morgan fingerprint density at radius 2 is 2.30 bits per heavy atom. The fourth-order valence-corrected chi connectivity index (χ4v) is 4.20. The van der Waals surface area contributed by atoms with Gasteiger partial charge in [-0.1, -0.05) is 18.7 Å². The van der Waals surface area contributed by atoms with Crippen molar-refractivity contribution in [2.24, 2.45) is 10.9 Å². The Morgan fingerprint density at radius 1 is 1.50 bits per heavy atom. The number of hydrogen-bond acceptors (Lipinski definition) is 4. The molecular formula is C14H23N5S. The number of nitrogens with zero attached hydrogens (tertiary/aromatic N) is 4. The molecule has 0 aromatic carbocycles. The highest BCUT2D eigenvalue weighted by atomic mass is 32.2. The highest BCUT2D eigenvalue weighted by molar-refractivity contribution is 8.14. The molecule has 0 bridgehead atoms. The summed E-state index contributed by atoms with van der Waals surface area (Å²) in [7, 11) is 0. The molecule has 5 nitrogen and oxygen atoms in total. The molecule has 0 unspecified atom stereocenters. The van der Waals surface area contributed by atoms with Crippen LogP contribution in [0, 0.1) is 5.92 Å². The Hall–Kier alpha value is -1.04. The third-order valence-corrected chi connectivity index (χ3v) is 5.69. The Bertz CT molecular complexity index is 488. The molecule has 2 fully saturated rings. The standard InChI is InChI=1S/C14H23N5S/c1-3-19-10-16-18-12(19)8-15-13-17-14(9-20-13)6-4-11(2)5-7-14/h10-11H,3-9H2,1-2H3,(H,15,17). The van der Waals surface area contributed by atoms with Crippen LogP contribution in [0.25, 0.3) is 0 Å². The molecule has 6 heteroatoms. The summed E-state index contributed by atoms with van der Waals surface area (Å²) in [4.78, 5) is 4.69. The highest BCUT2D eigenvalue weighted by Gasteiger charge is 2.39. The highest BCUT2D eigenvalue weighted by Crippen LogP contribution is 2.38. The maximum atomic E-state index is 4.69. The molecule has 1 spiro atoms. The molecule has 0 radical (unpaired) electrons. The van der Waals surface area contributed by atoms with E-state index in [4.69, 9.17) is 0 Å². The lowest BCUT2D eigenvalue weighted by atomic mass is 9.78. The Morgan fingerprint density at radius 3 is 3.05 bits per heavy atom. The Labute approximate surface area is 124 Å². The van der Waals surface area contributed by atoms with Crippen molar-refractivity contribution >= 4 is 16.9 Å². The average Bonchev–Trinajstić information content (AvgIpc) is 3.07. The number of amidine groups is 1. The molecule has 110 valence electrons. The third kappa shape index (κ3) is 2.85. The lowest BCUT2D eigenvalue weighted by molar-refractivity contribution is 0.251. The predicted molar refractivity (Wildman–Crippen MR) is 82.8 cm³/mol. The number of aromatic nitrogens is 3. The first-order chi connectivity index (χ1) is 9.71. The molecule has 0 amide bonds. The summed E-state index contributed by atoms with van der Waals surface area (Å²) in [6.07, 6.45) is 7.02. The molecule has 3 rings (SSSR count). The topological polar surface area (TPSA) is 55.1 Å². The molecule has 1 aliphatic heterocycles. The van der Waals surface area contributed by atoms with Crippen LogP contribution in [-0.4, -0.2) is 31.2 Å². The number of aliphatic imine (C=N–C) groups is 1. The van der Waals surface area contributed by atoms with Gasteiger partial charge in [0, 0.05) is 17.8 Å². The fourth-order valence-electron chi connectivity index (χ4n) is 2.98. The fraction of sp³-hybridized carbons (Fsp3) is 0.786. The van der Waals surface area contributed by atoms with Crippen LogP contribution in [0.4, 0.5) is 0 Å². The maximum absolute atomic E-state index is 4.69. The molecule has 1 aliphatic carbocycles. The second kappa shape index (κ2) is 5.76. The minimum atomic E-state index is 0.314. The van der Waals surface area contributed by atoms with Gasteiger partial charge in [-0.15, -0.1) is 10.2 Å². The van der Waals surface area contributed by atoms with Crippen LogP contribution >= 0.6 is 11.8 Å². The summed E-state index contributed by atoms with van der Waals surface area (Å²) < 4.78 is 2.04. The van der Waals surface area contributed by atoms with Gasteiger partial charge in [-0.2, -0.15) is 0 Å². The monoisotopic (exact) mass is 293 g/mol. The van der Waals surface area contributed by atoms with Gasteiger partial charge in [0.1, 0.15) is 12.9 Å². The molecule has 0 atom stereocenters. The summed E-state index contributed by atoms with van der Waals surface area (Å²) in [5.41, 5.74) is 0.314. The van der Waals surface area contributed by atoms with E-state index < -0.39 is 0 Å². The van der Waals surface area contributed by atoms with E-state index in [0.29, 0.717) is 12.1 Å². The van der Waals surface area contributed by atoms with Crippen LogP contribution < -0.4 is 5.32 Å². The van der Waals surface area contributed by atoms with Crippen molar-refractivity contribution in [2.75, 3.05) is 5.75 Å². The van der Waals surface area contributed by atoms with Crippen molar-refractivity contribution in [3.05, 3.63) is 12.2 Å². The van der Waals surface area contributed by atoms with Crippen molar-refractivity contribution in [3.63, 3.8) is 0 Å². The smallest absolute Gasteiger partial charge is 0.157 e. The lowest BCUT2D eigenvalue weighted by Gasteiger charge is -2.35. The molecule has 1 aromatic rings. The van der Waals surface area contributed by atoms with Crippen molar-refractivity contribution in [3.8, 4) is 0 Å². The van der Waals surface area contributed by atoms with Crippen molar-refractivity contribution in [2.45, 2.75) is 58.2 Å². The quantitative estimate of drug-likeness (QED) is 0.930. The largest absolute Gasteiger partial charge is 0.359 e. The van der Waals surface area contributed by atoms with Crippen molar-refractivity contribution in [1.29, 1.82) is 0 Å². The lowest BCUT2D eigenvalue weighted by Crippen LogP contribution is -2.46. The van der Waals surface area contributed by atoms with Crippen LogP contribution in [0.3, 0.4) is 0 Å². The molecular weight excluding hydrogens is 270 g/mol. The first-order valence-corrected chi connectivity index (χ1v) is 8.51. The zero-order valence-corrected chi connectivity index (χ0v) is 13.1. The summed E-state index contributed by atoms with van der Waals surface area (Å²) in [5, 5.41) is 12.8. The van der Waals surface area contributed by atoms with Gasteiger partial charge in [-0.3, -0.25) is 4.99 Å². The zero-order valence-electron chi connectivity index (χ0n) is 12.3. The van der Waals surface area contributed by atoms with Gasteiger partial charge in [0.15, 0.2) is 11.0 Å². The van der Waals surface area contributed by atoms with Crippen LogP contribution in [0.15, 0.2) is 11.3 Å². The second-order valence-electron chi connectivity index (χ2n) is 6.03. The van der Waals surface area contributed by atoms with E-state index in [9.17, 15) is 0 Å². The van der Waals surface area contributed by atoms with Gasteiger partial charge < -0.3 is 9.88 Å². The number of rotatable bonds is 3. The van der Waals surface area contributed by atoms with Gasteiger partial charge in [0.25, 0.3) is 0 Å². The minimum Gasteiger partial charge on any atom is -0.359 e. The van der Waals surface area contributed by atoms with Crippen molar-refractivity contribution < 1.29 is 0 Å². The van der Waals surface area contributed by atoms with Crippen LogP contribution in [-0.2, 0) is 13.1 Å². The summed E-state index contributed by atoms with van der Waals surface area (Å²) in [5.74, 6) is 3.00. The molecule has 1 saturated heterocycles. The number of aryl methyl sites for hydroxylation is 1. The molecule has 2 aliphatic rings. The minimum absolute atomic E-state index is 0.314. The van der Waals surface area contributed by atoms with E-state index in [-0.39, 0.29) is 0 Å². The van der Waals surface area contributed by atoms with E-state index in [1.165, 1.54) is 31.4 Å². The van der Waals surface area contributed by atoms with Gasteiger partial charge in [-0.25, -0.2) is 0 Å². The molecule has 2 heterocycles. The number of nitrogens with one attached hydrogen (secondary N) is 1. The number of hydrogen-bond donors (Lipinski definition) is 1. The average molecular weight is 293 g/mol. The predicted octanol–water partition coefficient (Wildman–Crippen LogP) is 2.44. The van der Waals surface area contributed by atoms with Crippen molar-refractivity contribution in [1.82, 2.24) is 20.1 Å². The zero-order chi connectivity index (χ0) is 14.0. The normalized spacial score (nSPS) is 31.9. The van der Waals surface area contributed by atoms with E-state index in [2.05, 4.69) is 34.4 Å². The maximum Gasteiger partial charge on any atom is 0.157 e. The van der Waals surface area contributed by atoms with Gasteiger partial charge >= 0.3 is 0 Å². The van der Waals surface area contributed by atoms with Gasteiger partial charge in [0.05, 0.1) is 0 Å². The molecule has 1 N–H and O–H groups in total. The summed E-state index contributed by atoms with van der Waals surface area (Å²) in [6, 6.07) is 0. The number of thioether (sulfide) groups is 1. The summed E-state index contributed by atoms with van der Waals surface area (Å²) >= 11 is 1.87. The molecule has 1 saturated carbocycles. The van der Waals surface area contributed by atoms with Gasteiger partial charge in [-0.05, 0) is 38.5 Å². The van der Waals surface area contributed by atoms with E-state index >= 15 is 0 Å². The van der Waals surface area contributed by atoms with E-state index in [0.717, 1.165) is 23.5 Å². The first kappa shape index (κ1) is 13.9. The van der Waals surface area contributed by atoms with E-state index in [1.807, 2.05) is 16.3 Å². The van der Waals surface area contributed by atoms with Crippen LogP contribution in [0.1, 0.15) is 45.4 Å². The van der Waals surface area contributed by atoms with Crippen LogP contribution in [0.2, 0.25) is 0 Å². The van der Waals surface area contributed by atoms with Crippen LogP contribution in [0.5, 0.6) is 0 Å². The summed E-state index contributed by atoms with van der Waals surface area (Å²) in [6.45, 7) is 5.98. The Balaban J connectivity index is 1.61. The third-order valence-electron chi connectivity index (χ3n) is 4.49. The second-order valence-corrected chi connectivity index (χ2v) is 7.00. The first-order valence-electron chi connectivity index (χ1n) is 7.53. The Kier molecular flexibility index (Phi) is 4.01. The SMILES string of the molecule is CCn1cnnc1CN=C1NC2(CCC(C)CC2)CS1.